The lowest BCUT2D eigenvalue weighted by molar-refractivity contribution is -0.385. The summed E-state index contributed by atoms with van der Waals surface area (Å²) in [5.41, 5.74) is 5.77. The number of carbonyl (C=O) groups excluding carboxylic acids is 1. The average Bonchev–Trinajstić information content (AvgIpc) is 3.50. The van der Waals surface area contributed by atoms with Gasteiger partial charge in [-0.2, -0.15) is 0 Å². The second-order valence-corrected chi connectivity index (χ2v) is 16.3. The molecule has 286 valence electrons. The third-order valence-corrected chi connectivity index (χ3v) is 13.1. The first-order valence-corrected chi connectivity index (χ1v) is 19.6. The van der Waals surface area contributed by atoms with E-state index in [1.807, 2.05) is 33.8 Å². The van der Waals surface area contributed by atoms with Gasteiger partial charge in [-0.25, -0.2) is 0 Å². The van der Waals surface area contributed by atoms with Crippen LogP contribution in [0.4, 0.5) is 0 Å². The number of nitrogens with two attached hydrogens (primary N) is 1. The molecule has 4 fully saturated rings. The van der Waals surface area contributed by atoms with Crippen LogP contribution in [0.3, 0.4) is 0 Å². The van der Waals surface area contributed by atoms with Gasteiger partial charge in [-0.3, -0.25) is 9.59 Å². The fourth-order valence-electron chi connectivity index (χ4n) is 9.62. The maximum atomic E-state index is 14.2. The largest absolute Gasteiger partial charge is 0.481 e. The van der Waals surface area contributed by atoms with Gasteiger partial charge in [0.25, 0.3) is 0 Å². The van der Waals surface area contributed by atoms with Crippen LogP contribution in [0.5, 0.6) is 0 Å². The SMILES string of the molecule is CCC(C(=O)O)C1CCCC(C(N)C(O)C(C)C(=O)C(CC)C2OC3(C=CCC4(CCC(C5CCC(O)(CC)C(C)O5)O4)O3)C(C)CC2C)O1. The second-order valence-electron chi connectivity index (χ2n) is 16.3. The molecule has 0 bridgehead atoms. The van der Waals surface area contributed by atoms with Crippen LogP contribution in [-0.4, -0.2) is 93.0 Å². The van der Waals surface area contributed by atoms with Crippen LogP contribution in [0.15, 0.2) is 12.2 Å². The molecule has 5 aliphatic rings. The van der Waals surface area contributed by atoms with E-state index in [2.05, 4.69) is 19.9 Å². The first-order valence-electron chi connectivity index (χ1n) is 19.6. The van der Waals surface area contributed by atoms with Crippen molar-refractivity contribution >= 4 is 11.8 Å². The van der Waals surface area contributed by atoms with E-state index in [0.717, 1.165) is 25.7 Å². The second kappa shape index (κ2) is 15.9. The van der Waals surface area contributed by atoms with Crippen LogP contribution in [0, 0.1) is 29.6 Å². The number of aliphatic hydroxyl groups is 2. The first-order chi connectivity index (χ1) is 23.6. The zero-order valence-corrected chi connectivity index (χ0v) is 31.4. The Hall–Kier alpha value is -1.44. The topological polar surface area (TPSA) is 167 Å². The van der Waals surface area contributed by atoms with Gasteiger partial charge in [-0.15, -0.1) is 0 Å². The number of hydrogen-bond acceptors (Lipinski definition) is 10. The third kappa shape index (κ3) is 7.77. The number of Topliss-reactive ketones (excluding diaryl/α,β-unsaturated/α-hetero) is 1. The minimum Gasteiger partial charge on any atom is -0.481 e. The van der Waals surface area contributed by atoms with Gasteiger partial charge in [0.05, 0.1) is 60.3 Å². The predicted molar refractivity (Wildman–Crippen MR) is 187 cm³/mol. The van der Waals surface area contributed by atoms with Crippen molar-refractivity contribution in [3.05, 3.63) is 12.2 Å². The van der Waals surface area contributed by atoms with Crippen molar-refractivity contribution in [3.63, 3.8) is 0 Å². The van der Waals surface area contributed by atoms with Crippen molar-refractivity contribution in [2.75, 3.05) is 0 Å². The highest BCUT2D eigenvalue weighted by Gasteiger charge is 2.57. The fraction of sp³-hybridized carbons (Fsp3) is 0.897. The molecule has 50 heavy (non-hydrogen) atoms. The average molecular weight is 708 g/mol. The van der Waals surface area contributed by atoms with Gasteiger partial charge >= 0.3 is 5.97 Å². The summed E-state index contributed by atoms with van der Waals surface area (Å²) in [6.07, 6.45) is 8.82. The Balaban J connectivity index is 1.26. The van der Waals surface area contributed by atoms with Crippen molar-refractivity contribution in [1.82, 2.24) is 0 Å². The van der Waals surface area contributed by atoms with Crippen LogP contribution in [-0.2, 0) is 33.3 Å². The minimum atomic E-state index is -1.16. The van der Waals surface area contributed by atoms with E-state index < -0.39 is 71.4 Å². The zero-order valence-electron chi connectivity index (χ0n) is 31.4. The molecule has 5 aliphatic heterocycles. The lowest BCUT2D eigenvalue weighted by Crippen LogP contribution is -2.59. The highest BCUT2D eigenvalue weighted by atomic mass is 16.8. The molecule has 11 nitrogen and oxygen atoms in total. The Morgan fingerprint density at radius 2 is 1.62 bits per heavy atom. The van der Waals surface area contributed by atoms with Gasteiger partial charge in [0, 0.05) is 30.6 Å². The van der Waals surface area contributed by atoms with Crippen LogP contribution in [0.2, 0.25) is 0 Å². The fourth-order valence-corrected chi connectivity index (χ4v) is 9.62. The van der Waals surface area contributed by atoms with Crippen molar-refractivity contribution in [3.8, 4) is 0 Å². The van der Waals surface area contributed by atoms with Crippen LogP contribution in [0.1, 0.15) is 126 Å². The van der Waals surface area contributed by atoms with Crippen molar-refractivity contribution < 1.29 is 48.6 Å². The highest BCUT2D eigenvalue weighted by molar-refractivity contribution is 5.84. The van der Waals surface area contributed by atoms with E-state index in [-0.39, 0.29) is 35.9 Å². The molecule has 0 aromatic carbocycles. The summed E-state index contributed by atoms with van der Waals surface area (Å²) in [5, 5.41) is 32.1. The molecule has 5 rings (SSSR count). The molecule has 5 heterocycles. The molecule has 16 unspecified atom stereocenters. The van der Waals surface area contributed by atoms with E-state index in [4.69, 9.17) is 29.4 Å². The van der Waals surface area contributed by atoms with Crippen molar-refractivity contribution in [2.45, 2.75) is 191 Å². The molecule has 11 heteroatoms. The number of carbonyl (C=O) groups is 2. The normalized spacial score (nSPS) is 43.7. The van der Waals surface area contributed by atoms with Crippen LogP contribution >= 0.6 is 0 Å². The zero-order chi connectivity index (χ0) is 36.6. The van der Waals surface area contributed by atoms with Gasteiger partial charge in [0.2, 0.25) is 0 Å². The van der Waals surface area contributed by atoms with E-state index in [9.17, 15) is 24.9 Å². The summed E-state index contributed by atoms with van der Waals surface area (Å²) in [4.78, 5) is 26.0. The Bertz CT molecular complexity index is 1220. The monoisotopic (exact) mass is 707 g/mol. The molecule has 0 radical (unpaired) electrons. The van der Waals surface area contributed by atoms with E-state index in [0.29, 0.717) is 51.4 Å². The van der Waals surface area contributed by atoms with E-state index in [1.54, 1.807) is 6.92 Å². The lowest BCUT2D eigenvalue weighted by atomic mass is 9.74. The molecule has 4 saturated heterocycles. The number of carboxylic acid groups (broad SMARTS) is 1. The standard InChI is InChI=1S/C39H65NO10/c1-8-26(36(43)44)28-13-11-14-31(47-28)32(40)34(42)24(6)33(41)27(9-2)35-22(4)21-23(5)39(49-35)18-12-17-38(50-39)20-16-30(48-38)29-15-19-37(45,10-3)25(7)46-29/h12,18,22-32,34-35,42,45H,8-11,13-17,19-21,40H2,1-7H3,(H,43,44). The predicted octanol–water partition coefficient (Wildman–Crippen LogP) is 5.27. The Morgan fingerprint density at radius 3 is 2.26 bits per heavy atom. The van der Waals surface area contributed by atoms with Crippen molar-refractivity contribution in [1.29, 1.82) is 0 Å². The summed E-state index contributed by atoms with van der Waals surface area (Å²) in [5.74, 6) is -4.76. The Morgan fingerprint density at radius 1 is 0.940 bits per heavy atom. The molecule has 0 saturated carbocycles. The number of ketones is 1. The first kappa shape index (κ1) is 39.8. The van der Waals surface area contributed by atoms with Gasteiger partial charge in [-0.1, -0.05) is 47.6 Å². The molecule has 0 aromatic heterocycles. The summed E-state index contributed by atoms with van der Waals surface area (Å²) in [6, 6.07) is -0.833. The van der Waals surface area contributed by atoms with Gasteiger partial charge in [-0.05, 0) is 83.1 Å². The van der Waals surface area contributed by atoms with Crippen LogP contribution < -0.4 is 5.73 Å². The summed E-state index contributed by atoms with van der Waals surface area (Å²) >= 11 is 0. The summed E-state index contributed by atoms with van der Waals surface area (Å²) in [7, 11) is 0. The number of aliphatic hydroxyl groups excluding tert-OH is 1. The number of carboxylic acids is 1. The van der Waals surface area contributed by atoms with E-state index >= 15 is 0 Å². The molecular formula is C39H65NO10. The molecular weight excluding hydrogens is 642 g/mol. The molecule has 16 atom stereocenters. The Labute approximate surface area is 299 Å². The summed E-state index contributed by atoms with van der Waals surface area (Å²) < 4.78 is 33.1. The van der Waals surface area contributed by atoms with Crippen molar-refractivity contribution in [2.24, 2.45) is 35.3 Å². The maximum absolute atomic E-state index is 14.2. The molecule has 0 aliphatic carbocycles. The number of ether oxygens (including phenoxy) is 5. The molecule has 0 aromatic rings. The molecule has 2 spiro atoms. The number of hydrogen-bond donors (Lipinski definition) is 4. The molecule has 0 amide bonds. The lowest BCUT2D eigenvalue weighted by Gasteiger charge is -2.53. The molecule has 5 N–H and O–H groups in total. The third-order valence-electron chi connectivity index (χ3n) is 13.1. The van der Waals surface area contributed by atoms with Gasteiger partial charge in [0.1, 0.15) is 5.78 Å². The van der Waals surface area contributed by atoms with Gasteiger partial charge < -0.3 is 44.7 Å². The van der Waals surface area contributed by atoms with Crippen LogP contribution in [0.25, 0.3) is 0 Å². The number of aliphatic carboxylic acids is 1. The quantitative estimate of drug-likeness (QED) is 0.195. The smallest absolute Gasteiger partial charge is 0.309 e. The summed E-state index contributed by atoms with van der Waals surface area (Å²) in [6.45, 7) is 13.7. The number of rotatable bonds is 12. The van der Waals surface area contributed by atoms with Gasteiger partial charge in [0.15, 0.2) is 11.6 Å². The minimum absolute atomic E-state index is 0.00789. The highest BCUT2D eigenvalue weighted by Crippen LogP contribution is 2.51. The maximum Gasteiger partial charge on any atom is 0.309 e. The van der Waals surface area contributed by atoms with E-state index in [1.165, 1.54) is 0 Å². The Kier molecular flexibility index (Phi) is 12.6.